The van der Waals surface area contributed by atoms with Crippen molar-refractivity contribution in [2.24, 2.45) is 14.1 Å². The van der Waals surface area contributed by atoms with Crippen molar-refractivity contribution in [1.82, 2.24) is 13.7 Å². The molecule has 0 bridgehead atoms. The Bertz CT molecular complexity index is 1760. The number of nitrogens with one attached hydrogen (secondary N) is 1. The number of nitrogens with zero attached hydrogens (tertiary/aromatic N) is 3. The molecule has 6 nitrogen and oxygen atoms in total. The van der Waals surface area contributed by atoms with Gasteiger partial charge in [-0.1, -0.05) is 48.0 Å². The molecule has 0 amide bonds. The third-order valence-corrected chi connectivity index (χ3v) is 6.82. The number of benzene rings is 3. The van der Waals surface area contributed by atoms with Crippen LogP contribution in [0.5, 0.6) is 0 Å². The summed E-state index contributed by atoms with van der Waals surface area (Å²) in [5.41, 5.74) is 5.83. The fraction of sp³-hybridized carbons (Fsp3) is 0.143. The first kappa shape index (κ1) is 21.2. The van der Waals surface area contributed by atoms with E-state index < -0.39 is 11.7 Å². The van der Waals surface area contributed by atoms with Crippen LogP contribution in [0.15, 0.2) is 82.4 Å². The van der Waals surface area contributed by atoms with Gasteiger partial charge in [-0.25, -0.2) is 9.18 Å². The summed E-state index contributed by atoms with van der Waals surface area (Å²) < 4.78 is 18.6. The van der Waals surface area contributed by atoms with Gasteiger partial charge < -0.3 is 9.88 Å². The lowest BCUT2D eigenvalue weighted by Gasteiger charge is -2.31. The summed E-state index contributed by atoms with van der Waals surface area (Å²) in [4.78, 5) is 26.7. The molecule has 1 aliphatic rings. The van der Waals surface area contributed by atoms with Crippen molar-refractivity contribution >= 4 is 16.6 Å². The summed E-state index contributed by atoms with van der Waals surface area (Å²) in [6.07, 6.45) is 0. The number of hydrogen-bond donors (Lipinski definition) is 1. The van der Waals surface area contributed by atoms with E-state index in [1.54, 1.807) is 19.2 Å². The first-order valence-electron chi connectivity index (χ1n) is 11.4. The highest BCUT2D eigenvalue weighted by atomic mass is 19.1. The van der Waals surface area contributed by atoms with Crippen LogP contribution in [-0.2, 0) is 14.1 Å². The van der Waals surface area contributed by atoms with Crippen LogP contribution >= 0.6 is 0 Å². The van der Waals surface area contributed by atoms with Gasteiger partial charge in [-0.3, -0.25) is 13.9 Å². The summed E-state index contributed by atoms with van der Waals surface area (Å²) in [5.74, 6) is -0.327. The molecular formula is C28H23FN4O2. The van der Waals surface area contributed by atoms with Crippen LogP contribution in [0.3, 0.4) is 0 Å². The van der Waals surface area contributed by atoms with E-state index in [-0.39, 0.29) is 11.4 Å². The molecule has 1 unspecified atom stereocenters. The van der Waals surface area contributed by atoms with Gasteiger partial charge in [-0.15, -0.1) is 0 Å². The Morgan fingerprint density at radius 3 is 2.37 bits per heavy atom. The van der Waals surface area contributed by atoms with Crippen LogP contribution in [0.1, 0.15) is 22.9 Å². The van der Waals surface area contributed by atoms with E-state index in [1.807, 2.05) is 55.5 Å². The lowest BCUT2D eigenvalue weighted by molar-refractivity contribution is 0.626. The van der Waals surface area contributed by atoms with E-state index in [4.69, 9.17) is 0 Å². The fourth-order valence-electron chi connectivity index (χ4n) is 5.19. The topological polar surface area (TPSA) is 61.0 Å². The van der Waals surface area contributed by atoms with Crippen LogP contribution in [0.2, 0.25) is 0 Å². The van der Waals surface area contributed by atoms with E-state index >= 15 is 0 Å². The maximum absolute atomic E-state index is 13.8. The predicted molar refractivity (Wildman–Crippen MR) is 136 cm³/mol. The third-order valence-electron chi connectivity index (χ3n) is 6.82. The van der Waals surface area contributed by atoms with Crippen LogP contribution in [0, 0.1) is 12.7 Å². The largest absolute Gasteiger partial charge is 0.371 e. The van der Waals surface area contributed by atoms with E-state index in [1.165, 1.54) is 23.7 Å². The van der Waals surface area contributed by atoms with Gasteiger partial charge in [0.1, 0.15) is 5.82 Å². The molecule has 174 valence electrons. The van der Waals surface area contributed by atoms with Gasteiger partial charge in [-0.05, 0) is 48.4 Å². The maximum atomic E-state index is 13.8. The minimum atomic E-state index is -0.413. The molecular weight excluding hydrogens is 443 g/mol. The molecule has 7 heteroatoms. The average molecular weight is 467 g/mol. The standard InChI is InChI=1S/C28H23FN4O2/c1-16-7-6-8-18(15-16)24-22-25(31(2)28(35)32(3)27(22)34)26-23(17-11-13-19(29)14-12-17)30-20-9-4-5-10-21(20)33(24)26/h4-15,23,30H,1-3H3. The summed E-state index contributed by atoms with van der Waals surface area (Å²) in [7, 11) is 3.19. The number of fused-ring (bicyclic) bond motifs is 5. The summed E-state index contributed by atoms with van der Waals surface area (Å²) >= 11 is 0. The molecule has 3 aromatic carbocycles. The van der Waals surface area contributed by atoms with Gasteiger partial charge in [0.25, 0.3) is 5.56 Å². The van der Waals surface area contributed by atoms with E-state index in [0.29, 0.717) is 10.9 Å². The van der Waals surface area contributed by atoms with Gasteiger partial charge in [0.15, 0.2) is 0 Å². The number of aromatic nitrogens is 3. The van der Waals surface area contributed by atoms with Gasteiger partial charge in [-0.2, -0.15) is 0 Å². The smallest absolute Gasteiger partial charge is 0.331 e. The van der Waals surface area contributed by atoms with E-state index in [0.717, 1.165) is 44.0 Å². The molecule has 0 spiro atoms. The van der Waals surface area contributed by atoms with Crippen LogP contribution in [-0.4, -0.2) is 13.7 Å². The second-order valence-corrected chi connectivity index (χ2v) is 9.01. The number of anilines is 1. The number of aryl methyl sites for hydroxylation is 2. The molecule has 5 aromatic rings. The Balaban J connectivity index is 1.86. The fourth-order valence-corrected chi connectivity index (χ4v) is 5.19. The second kappa shape index (κ2) is 7.56. The molecule has 1 aliphatic heterocycles. The molecule has 1 N–H and O–H groups in total. The summed E-state index contributed by atoms with van der Waals surface area (Å²) in [5, 5.41) is 4.04. The molecule has 6 rings (SSSR count). The van der Waals surface area contributed by atoms with E-state index in [2.05, 4.69) is 9.88 Å². The highest BCUT2D eigenvalue weighted by molar-refractivity contribution is 5.99. The Labute approximate surface area is 200 Å². The number of rotatable bonds is 2. The molecule has 0 aliphatic carbocycles. The van der Waals surface area contributed by atoms with Crippen molar-refractivity contribution in [2.45, 2.75) is 13.0 Å². The predicted octanol–water partition coefficient (Wildman–Crippen LogP) is 4.66. The molecule has 0 radical (unpaired) electrons. The van der Waals surface area contributed by atoms with Crippen molar-refractivity contribution < 1.29 is 4.39 Å². The molecule has 0 saturated heterocycles. The third kappa shape index (κ3) is 3.01. The van der Waals surface area contributed by atoms with Gasteiger partial charge in [0, 0.05) is 14.1 Å². The Morgan fingerprint density at radius 1 is 0.886 bits per heavy atom. The van der Waals surface area contributed by atoms with Crippen LogP contribution in [0.25, 0.3) is 27.8 Å². The Hall–Kier alpha value is -4.39. The molecule has 35 heavy (non-hydrogen) atoms. The van der Waals surface area contributed by atoms with Gasteiger partial charge >= 0.3 is 5.69 Å². The molecule has 3 heterocycles. The van der Waals surface area contributed by atoms with Crippen LogP contribution < -0.4 is 16.6 Å². The number of halogens is 1. The summed E-state index contributed by atoms with van der Waals surface area (Å²) in [6, 6.07) is 21.8. The van der Waals surface area contributed by atoms with Crippen molar-refractivity contribution in [3.05, 3.63) is 116 Å². The first-order valence-corrected chi connectivity index (χ1v) is 11.4. The quantitative estimate of drug-likeness (QED) is 0.412. The van der Waals surface area contributed by atoms with Crippen molar-refractivity contribution in [3.63, 3.8) is 0 Å². The van der Waals surface area contributed by atoms with Crippen molar-refractivity contribution in [2.75, 3.05) is 5.32 Å². The van der Waals surface area contributed by atoms with Crippen molar-refractivity contribution in [1.29, 1.82) is 0 Å². The average Bonchev–Trinajstić information content (AvgIpc) is 3.23. The summed E-state index contributed by atoms with van der Waals surface area (Å²) in [6.45, 7) is 2.01. The molecule has 0 saturated carbocycles. The number of para-hydroxylation sites is 2. The zero-order valence-corrected chi connectivity index (χ0v) is 19.5. The minimum absolute atomic E-state index is 0.327. The zero-order valence-electron chi connectivity index (χ0n) is 19.5. The minimum Gasteiger partial charge on any atom is -0.371 e. The monoisotopic (exact) mass is 466 g/mol. The normalized spacial score (nSPS) is 14.5. The zero-order chi connectivity index (χ0) is 24.4. The van der Waals surface area contributed by atoms with Gasteiger partial charge in [0.05, 0.1) is 39.7 Å². The SMILES string of the molecule is Cc1cccc(-c2c3c(=O)n(C)c(=O)n(C)c3c3n2-c2ccccc2NC3c2ccc(F)cc2)c1. The Morgan fingerprint density at radius 2 is 1.63 bits per heavy atom. The molecule has 2 aromatic heterocycles. The van der Waals surface area contributed by atoms with E-state index in [9.17, 15) is 14.0 Å². The second-order valence-electron chi connectivity index (χ2n) is 9.01. The Kier molecular flexibility index (Phi) is 4.57. The van der Waals surface area contributed by atoms with Crippen LogP contribution in [0.4, 0.5) is 10.1 Å². The highest BCUT2D eigenvalue weighted by Gasteiger charge is 2.34. The van der Waals surface area contributed by atoms with Gasteiger partial charge in [0.2, 0.25) is 0 Å². The first-order chi connectivity index (χ1) is 16.9. The molecule has 1 atom stereocenters. The van der Waals surface area contributed by atoms with Crippen molar-refractivity contribution in [3.8, 4) is 16.9 Å². The maximum Gasteiger partial charge on any atom is 0.331 e. The lowest BCUT2D eigenvalue weighted by atomic mass is 9.99. The lowest BCUT2D eigenvalue weighted by Crippen LogP contribution is -2.37. The molecule has 0 fully saturated rings. The highest BCUT2D eigenvalue weighted by Crippen LogP contribution is 2.45. The number of hydrogen-bond acceptors (Lipinski definition) is 3.